The molecule has 0 spiro atoms. The molecule has 1 saturated heterocycles. The summed E-state index contributed by atoms with van der Waals surface area (Å²) in [6.07, 6.45) is 5.62. The van der Waals surface area contributed by atoms with Crippen LogP contribution in [0.25, 0.3) is 16.9 Å². The Morgan fingerprint density at radius 3 is 2.66 bits per heavy atom. The van der Waals surface area contributed by atoms with Gasteiger partial charge < -0.3 is 24.8 Å². The molecule has 3 heterocycles. The molecule has 1 N–H and O–H groups in total. The maximum absolute atomic E-state index is 14.8. The van der Waals surface area contributed by atoms with E-state index in [-0.39, 0.29) is 17.2 Å². The van der Waals surface area contributed by atoms with Gasteiger partial charge in [-0.3, -0.25) is 9.20 Å². The van der Waals surface area contributed by atoms with Gasteiger partial charge in [0.2, 0.25) is 5.82 Å². The fraction of sp³-hybridized carbons (Fsp3) is 0.367. The van der Waals surface area contributed by atoms with Crippen molar-refractivity contribution >= 4 is 23.1 Å². The Hall–Kier alpha value is -4.09. The second-order valence-corrected chi connectivity index (χ2v) is 10.5. The van der Waals surface area contributed by atoms with Gasteiger partial charge in [0.05, 0.1) is 19.0 Å². The zero-order valence-corrected chi connectivity index (χ0v) is 23.8. The van der Waals surface area contributed by atoms with Gasteiger partial charge in [0, 0.05) is 61.9 Å². The number of anilines is 2. The van der Waals surface area contributed by atoms with Crippen LogP contribution in [0.2, 0.25) is 0 Å². The molecular formula is C30H35F2N7O2. The van der Waals surface area contributed by atoms with Crippen LogP contribution in [0.1, 0.15) is 22.3 Å². The number of aromatic nitrogens is 3. The van der Waals surface area contributed by atoms with E-state index in [4.69, 9.17) is 4.74 Å². The summed E-state index contributed by atoms with van der Waals surface area (Å²) in [5.41, 5.74) is 3.13. The summed E-state index contributed by atoms with van der Waals surface area (Å²) < 4.78 is 35.7. The largest absolute Gasteiger partial charge is 0.494 e. The van der Waals surface area contributed by atoms with E-state index in [9.17, 15) is 13.6 Å². The lowest BCUT2D eigenvalue weighted by Crippen LogP contribution is -2.37. The van der Waals surface area contributed by atoms with Gasteiger partial charge in [-0.1, -0.05) is 0 Å². The molecule has 0 bridgehead atoms. The Bertz CT molecular complexity index is 1560. The van der Waals surface area contributed by atoms with Crippen molar-refractivity contribution in [1.82, 2.24) is 29.1 Å². The van der Waals surface area contributed by atoms with Crippen LogP contribution in [0.5, 0.6) is 5.75 Å². The van der Waals surface area contributed by atoms with E-state index < -0.39 is 11.6 Å². The molecular weight excluding hydrogens is 528 g/mol. The summed E-state index contributed by atoms with van der Waals surface area (Å²) >= 11 is 0. The SMILES string of the molecule is COc1ccc(-c2cnc3c(Nc4ccc(C(=O)N5CCCN(CCN(C)C)CC5)c(C)c4)nccn23)c(F)c1F. The van der Waals surface area contributed by atoms with E-state index >= 15 is 0 Å². The van der Waals surface area contributed by atoms with Crippen LogP contribution in [0.4, 0.5) is 20.3 Å². The highest BCUT2D eigenvalue weighted by atomic mass is 19.2. The van der Waals surface area contributed by atoms with E-state index in [2.05, 4.69) is 39.2 Å². The molecule has 0 unspecified atom stereocenters. The van der Waals surface area contributed by atoms with E-state index in [0.717, 1.165) is 50.4 Å². The molecule has 1 aliphatic rings. The molecule has 1 amide bonds. The summed E-state index contributed by atoms with van der Waals surface area (Å²) in [5, 5.41) is 3.26. The summed E-state index contributed by atoms with van der Waals surface area (Å²) in [7, 11) is 5.43. The van der Waals surface area contributed by atoms with Gasteiger partial charge in [0.25, 0.3) is 5.91 Å². The van der Waals surface area contributed by atoms with Crippen LogP contribution in [0, 0.1) is 18.6 Å². The van der Waals surface area contributed by atoms with Gasteiger partial charge >= 0.3 is 0 Å². The van der Waals surface area contributed by atoms with Crippen molar-refractivity contribution < 1.29 is 18.3 Å². The maximum Gasteiger partial charge on any atom is 0.254 e. The van der Waals surface area contributed by atoms with Gasteiger partial charge in [-0.05, 0) is 69.9 Å². The number of amides is 1. The summed E-state index contributed by atoms with van der Waals surface area (Å²) in [6, 6.07) is 8.42. The van der Waals surface area contributed by atoms with Gasteiger partial charge in [-0.25, -0.2) is 14.4 Å². The number of aryl methyl sites for hydroxylation is 1. The minimum absolute atomic E-state index is 0.0374. The molecule has 0 atom stereocenters. The number of imidazole rings is 1. The Morgan fingerprint density at radius 1 is 1.07 bits per heavy atom. The van der Waals surface area contributed by atoms with Crippen molar-refractivity contribution in [3.8, 4) is 17.0 Å². The van der Waals surface area contributed by atoms with Gasteiger partial charge in [0.1, 0.15) is 0 Å². The van der Waals surface area contributed by atoms with Crippen LogP contribution in [-0.4, -0.2) is 95.4 Å². The Kier molecular flexibility index (Phi) is 8.46. The summed E-state index contributed by atoms with van der Waals surface area (Å²) in [6.45, 7) is 7.23. The van der Waals surface area contributed by atoms with Crippen LogP contribution in [0.3, 0.4) is 0 Å². The van der Waals surface area contributed by atoms with E-state index in [1.165, 1.54) is 25.4 Å². The molecule has 216 valence electrons. The third kappa shape index (κ3) is 6.01. The molecule has 1 aliphatic heterocycles. The van der Waals surface area contributed by atoms with Crippen LogP contribution in [0.15, 0.2) is 48.9 Å². The number of nitrogens with one attached hydrogen (secondary N) is 1. The number of hydrogen-bond donors (Lipinski definition) is 1. The van der Waals surface area contributed by atoms with Crippen molar-refractivity contribution in [3.63, 3.8) is 0 Å². The maximum atomic E-state index is 14.8. The molecule has 41 heavy (non-hydrogen) atoms. The zero-order chi connectivity index (χ0) is 29.1. The first-order chi connectivity index (χ1) is 19.8. The van der Waals surface area contributed by atoms with E-state index in [1.807, 2.05) is 30.0 Å². The van der Waals surface area contributed by atoms with Crippen LogP contribution in [-0.2, 0) is 0 Å². The molecule has 4 aromatic rings. The van der Waals surface area contributed by atoms with E-state index in [0.29, 0.717) is 29.3 Å². The minimum Gasteiger partial charge on any atom is -0.494 e. The van der Waals surface area contributed by atoms with Crippen molar-refractivity contribution in [2.75, 3.05) is 65.8 Å². The number of carbonyl (C=O) groups excluding carboxylic acids is 1. The van der Waals surface area contributed by atoms with Crippen molar-refractivity contribution in [2.24, 2.45) is 0 Å². The number of rotatable bonds is 8. The Morgan fingerprint density at radius 2 is 1.90 bits per heavy atom. The number of carbonyl (C=O) groups is 1. The van der Waals surface area contributed by atoms with Gasteiger partial charge in [-0.2, -0.15) is 4.39 Å². The highest BCUT2D eigenvalue weighted by Gasteiger charge is 2.22. The van der Waals surface area contributed by atoms with Gasteiger partial charge in [-0.15, -0.1) is 0 Å². The van der Waals surface area contributed by atoms with Crippen molar-refractivity contribution in [2.45, 2.75) is 13.3 Å². The van der Waals surface area contributed by atoms with Crippen LogP contribution < -0.4 is 10.1 Å². The monoisotopic (exact) mass is 563 g/mol. The van der Waals surface area contributed by atoms with Crippen molar-refractivity contribution in [3.05, 3.63) is 71.7 Å². The first-order valence-electron chi connectivity index (χ1n) is 13.6. The number of hydrogen-bond acceptors (Lipinski definition) is 7. The first-order valence-corrected chi connectivity index (χ1v) is 13.6. The molecule has 0 radical (unpaired) electrons. The third-order valence-electron chi connectivity index (χ3n) is 7.43. The molecule has 0 aliphatic carbocycles. The normalized spacial score (nSPS) is 14.5. The topological polar surface area (TPSA) is 78.2 Å². The molecule has 9 nitrogen and oxygen atoms in total. The number of nitrogens with zero attached hydrogens (tertiary/aromatic N) is 6. The fourth-order valence-electron chi connectivity index (χ4n) is 5.12. The molecule has 5 rings (SSSR count). The Balaban J connectivity index is 1.33. The lowest BCUT2D eigenvalue weighted by Gasteiger charge is -2.23. The minimum atomic E-state index is -1.06. The number of halogens is 2. The second-order valence-electron chi connectivity index (χ2n) is 10.5. The predicted molar refractivity (Wildman–Crippen MR) is 155 cm³/mol. The highest BCUT2D eigenvalue weighted by Crippen LogP contribution is 2.31. The zero-order valence-electron chi connectivity index (χ0n) is 23.8. The summed E-state index contributed by atoms with van der Waals surface area (Å²) in [4.78, 5) is 28.8. The number of ether oxygens (including phenoxy) is 1. The predicted octanol–water partition coefficient (Wildman–Crippen LogP) is 4.44. The Labute approximate surface area is 238 Å². The standard InChI is InChI=1S/C30H35F2N7O2/c1-20-18-21(6-7-22(20)30(40)38-12-5-11-37(16-17-38)15-14-36(2)3)35-28-29-34-19-24(39(29)13-10-33-28)23-8-9-25(41-4)27(32)26(23)31/h6-10,13,18-19H,5,11-12,14-17H2,1-4H3,(H,33,35). The molecule has 1 fully saturated rings. The third-order valence-corrected chi connectivity index (χ3v) is 7.43. The average Bonchev–Trinajstić information content (AvgIpc) is 3.24. The second kappa shape index (κ2) is 12.2. The number of benzene rings is 2. The molecule has 2 aromatic carbocycles. The smallest absolute Gasteiger partial charge is 0.254 e. The molecule has 2 aromatic heterocycles. The number of methoxy groups -OCH3 is 1. The molecule has 11 heteroatoms. The fourth-order valence-corrected chi connectivity index (χ4v) is 5.12. The number of likely N-dealkylation sites (N-methyl/N-ethyl adjacent to an activating group) is 1. The highest BCUT2D eigenvalue weighted by molar-refractivity contribution is 5.96. The molecule has 0 saturated carbocycles. The quantitative estimate of drug-likeness (QED) is 0.340. The first kappa shape index (κ1) is 28.4. The number of fused-ring (bicyclic) bond motifs is 1. The van der Waals surface area contributed by atoms with Gasteiger partial charge in [0.15, 0.2) is 23.0 Å². The lowest BCUT2D eigenvalue weighted by molar-refractivity contribution is 0.0760. The van der Waals surface area contributed by atoms with E-state index in [1.54, 1.807) is 16.8 Å². The van der Waals surface area contributed by atoms with Crippen molar-refractivity contribution in [1.29, 1.82) is 0 Å². The summed E-state index contributed by atoms with van der Waals surface area (Å²) in [5.74, 6) is -1.76. The van der Waals surface area contributed by atoms with Crippen LogP contribution >= 0.6 is 0 Å². The average molecular weight is 564 g/mol. The lowest BCUT2D eigenvalue weighted by atomic mass is 10.1.